The standard InChI is InChI=1S/C12H15N3S/c1-7(2)12-14-10(8(3)11(13)15-12)9-5-4-6-16-9/h4-7H,1-3H3,(H2,13,14,15). The number of nitrogens with two attached hydrogens (primary N) is 1. The molecule has 2 rings (SSSR count). The molecular formula is C12H15N3S. The van der Waals surface area contributed by atoms with E-state index < -0.39 is 0 Å². The average Bonchev–Trinajstić information content (AvgIpc) is 2.74. The number of aromatic nitrogens is 2. The smallest absolute Gasteiger partial charge is 0.133 e. The molecule has 16 heavy (non-hydrogen) atoms. The van der Waals surface area contributed by atoms with Crippen LogP contribution >= 0.6 is 11.3 Å². The molecule has 0 saturated carbocycles. The SMILES string of the molecule is Cc1c(N)nc(C(C)C)nc1-c1cccs1. The number of nitrogens with zero attached hydrogens (tertiary/aromatic N) is 2. The zero-order valence-corrected chi connectivity index (χ0v) is 10.5. The molecular weight excluding hydrogens is 218 g/mol. The molecule has 0 bridgehead atoms. The van der Waals surface area contributed by atoms with Gasteiger partial charge in [-0.25, -0.2) is 9.97 Å². The largest absolute Gasteiger partial charge is 0.383 e. The van der Waals surface area contributed by atoms with Crippen molar-refractivity contribution in [2.24, 2.45) is 0 Å². The van der Waals surface area contributed by atoms with Gasteiger partial charge in [-0.15, -0.1) is 11.3 Å². The van der Waals surface area contributed by atoms with E-state index in [9.17, 15) is 0 Å². The van der Waals surface area contributed by atoms with Crippen LogP contribution in [0.5, 0.6) is 0 Å². The summed E-state index contributed by atoms with van der Waals surface area (Å²) in [6, 6.07) is 4.08. The highest BCUT2D eigenvalue weighted by Crippen LogP contribution is 2.29. The molecule has 0 saturated heterocycles. The van der Waals surface area contributed by atoms with Gasteiger partial charge in [0.2, 0.25) is 0 Å². The van der Waals surface area contributed by atoms with E-state index in [0.29, 0.717) is 11.7 Å². The van der Waals surface area contributed by atoms with Gasteiger partial charge in [-0.1, -0.05) is 19.9 Å². The Hall–Kier alpha value is -1.42. The fourth-order valence-corrected chi connectivity index (χ4v) is 2.23. The molecule has 0 aliphatic heterocycles. The summed E-state index contributed by atoms with van der Waals surface area (Å²) in [7, 11) is 0. The van der Waals surface area contributed by atoms with E-state index >= 15 is 0 Å². The summed E-state index contributed by atoms with van der Waals surface area (Å²) in [5, 5.41) is 2.04. The maximum Gasteiger partial charge on any atom is 0.133 e. The molecule has 3 nitrogen and oxygen atoms in total. The van der Waals surface area contributed by atoms with Crippen LogP contribution in [0.2, 0.25) is 0 Å². The van der Waals surface area contributed by atoms with Crippen molar-refractivity contribution in [3.05, 3.63) is 28.9 Å². The second kappa shape index (κ2) is 4.22. The molecule has 0 fully saturated rings. The zero-order valence-electron chi connectivity index (χ0n) is 9.69. The highest BCUT2D eigenvalue weighted by atomic mass is 32.1. The summed E-state index contributed by atoms with van der Waals surface area (Å²) in [4.78, 5) is 10.1. The minimum absolute atomic E-state index is 0.293. The zero-order chi connectivity index (χ0) is 11.7. The van der Waals surface area contributed by atoms with E-state index in [4.69, 9.17) is 5.73 Å². The number of rotatable bonds is 2. The molecule has 0 aliphatic rings. The first kappa shape index (κ1) is 11.1. The van der Waals surface area contributed by atoms with E-state index in [1.807, 2.05) is 18.4 Å². The summed E-state index contributed by atoms with van der Waals surface area (Å²) in [5.74, 6) is 1.69. The van der Waals surface area contributed by atoms with Crippen molar-refractivity contribution in [1.29, 1.82) is 0 Å². The molecule has 0 spiro atoms. The van der Waals surface area contributed by atoms with Gasteiger partial charge in [-0.3, -0.25) is 0 Å². The molecule has 2 aromatic rings. The molecule has 84 valence electrons. The first-order valence-electron chi connectivity index (χ1n) is 5.27. The minimum Gasteiger partial charge on any atom is -0.383 e. The molecule has 2 heterocycles. The van der Waals surface area contributed by atoms with Gasteiger partial charge < -0.3 is 5.73 Å². The average molecular weight is 233 g/mol. The predicted octanol–water partition coefficient (Wildman–Crippen LogP) is 3.22. The molecule has 0 unspecified atom stereocenters. The van der Waals surface area contributed by atoms with Crippen LogP contribution in [0, 0.1) is 6.92 Å². The molecule has 0 radical (unpaired) electrons. The number of thiophene rings is 1. The van der Waals surface area contributed by atoms with E-state index in [1.54, 1.807) is 11.3 Å². The van der Waals surface area contributed by atoms with Gasteiger partial charge in [-0.05, 0) is 18.4 Å². The third kappa shape index (κ3) is 1.93. The van der Waals surface area contributed by atoms with Crippen LogP contribution in [0.15, 0.2) is 17.5 Å². The Kier molecular flexibility index (Phi) is 2.92. The van der Waals surface area contributed by atoms with Crippen LogP contribution in [0.1, 0.15) is 31.2 Å². The van der Waals surface area contributed by atoms with E-state index in [-0.39, 0.29) is 0 Å². The van der Waals surface area contributed by atoms with E-state index in [0.717, 1.165) is 22.0 Å². The van der Waals surface area contributed by atoms with Crippen LogP contribution in [-0.4, -0.2) is 9.97 Å². The monoisotopic (exact) mass is 233 g/mol. The normalized spacial score (nSPS) is 11.0. The van der Waals surface area contributed by atoms with Crippen molar-refractivity contribution in [2.45, 2.75) is 26.7 Å². The fourth-order valence-electron chi connectivity index (χ4n) is 1.46. The highest BCUT2D eigenvalue weighted by molar-refractivity contribution is 7.13. The summed E-state index contributed by atoms with van der Waals surface area (Å²) in [6.07, 6.45) is 0. The van der Waals surface area contributed by atoms with Crippen molar-refractivity contribution in [3.8, 4) is 10.6 Å². The summed E-state index contributed by atoms with van der Waals surface area (Å²) < 4.78 is 0. The molecule has 2 aromatic heterocycles. The Bertz CT molecular complexity index is 489. The Morgan fingerprint density at radius 2 is 2.06 bits per heavy atom. The number of hydrogen-bond acceptors (Lipinski definition) is 4. The van der Waals surface area contributed by atoms with Crippen molar-refractivity contribution >= 4 is 17.2 Å². The maximum absolute atomic E-state index is 5.92. The van der Waals surface area contributed by atoms with Crippen LogP contribution in [0.4, 0.5) is 5.82 Å². The van der Waals surface area contributed by atoms with Gasteiger partial charge in [-0.2, -0.15) is 0 Å². The third-order valence-corrected chi connectivity index (χ3v) is 3.35. The first-order valence-corrected chi connectivity index (χ1v) is 6.15. The van der Waals surface area contributed by atoms with Crippen LogP contribution in [0.3, 0.4) is 0 Å². The van der Waals surface area contributed by atoms with Crippen LogP contribution < -0.4 is 5.73 Å². The molecule has 4 heteroatoms. The predicted molar refractivity (Wildman–Crippen MR) is 68.6 cm³/mol. The third-order valence-electron chi connectivity index (χ3n) is 2.47. The Morgan fingerprint density at radius 1 is 1.31 bits per heavy atom. The van der Waals surface area contributed by atoms with Gasteiger partial charge in [0.05, 0.1) is 10.6 Å². The fraction of sp³-hybridized carbons (Fsp3) is 0.333. The first-order chi connectivity index (χ1) is 7.59. The molecule has 0 aliphatic carbocycles. The summed E-state index contributed by atoms with van der Waals surface area (Å²) in [5.41, 5.74) is 7.85. The lowest BCUT2D eigenvalue weighted by Gasteiger charge is -2.10. The van der Waals surface area contributed by atoms with Gasteiger partial charge in [0.15, 0.2) is 0 Å². The van der Waals surface area contributed by atoms with Crippen molar-refractivity contribution in [2.75, 3.05) is 5.73 Å². The van der Waals surface area contributed by atoms with Gasteiger partial charge in [0.25, 0.3) is 0 Å². The van der Waals surface area contributed by atoms with Crippen molar-refractivity contribution in [1.82, 2.24) is 9.97 Å². The topological polar surface area (TPSA) is 51.8 Å². The van der Waals surface area contributed by atoms with E-state index in [1.165, 1.54) is 0 Å². The highest BCUT2D eigenvalue weighted by Gasteiger charge is 2.13. The second-order valence-corrected chi connectivity index (χ2v) is 5.02. The number of nitrogen functional groups attached to an aromatic ring is 1. The second-order valence-electron chi connectivity index (χ2n) is 4.07. The maximum atomic E-state index is 5.92. The van der Waals surface area contributed by atoms with Gasteiger partial charge in [0, 0.05) is 11.5 Å². The van der Waals surface area contributed by atoms with Crippen molar-refractivity contribution in [3.63, 3.8) is 0 Å². The summed E-state index contributed by atoms with van der Waals surface area (Å²) in [6.45, 7) is 6.11. The summed E-state index contributed by atoms with van der Waals surface area (Å²) >= 11 is 1.67. The van der Waals surface area contributed by atoms with E-state index in [2.05, 4.69) is 29.9 Å². The Balaban J connectivity index is 2.60. The van der Waals surface area contributed by atoms with Gasteiger partial charge >= 0.3 is 0 Å². The van der Waals surface area contributed by atoms with Gasteiger partial charge in [0.1, 0.15) is 11.6 Å². The van der Waals surface area contributed by atoms with Crippen LogP contribution in [-0.2, 0) is 0 Å². The Morgan fingerprint density at radius 3 is 2.62 bits per heavy atom. The lowest BCUT2D eigenvalue weighted by Crippen LogP contribution is -2.05. The van der Waals surface area contributed by atoms with Crippen LogP contribution in [0.25, 0.3) is 10.6 Å². The van der Waals surface area contributed by atoms with Crippen molar-refractivity contribution < 1.29 is 0 Å². The number of anilines is 1. The quantitative estimate of drug-likeness (QED) is 0.866. The lowest BCUT2D eigenvalue weighted by molar-refractivity contribution is 0.776. The minimum atomic E-state index is 0.293. The molecule has 2 N–H and O–H groups in total. The molecule has 0 amide bonds. The Labute approximate surface area is 99.4 Å². The molecule has 0 atom stereocenters. The molecule has 0 aromatic carbocycles. The number of hydrogen-bond donors (Lipinski definition) is 1. The lowest BCUT2D eigenvalue weighted by atomic mass is 10.1.